The molecule has 3 atom stereocenters. The summed E-state index contributed by atoms with van der Waals surface area (Å²) < 4.78 is 29.0. The van der Waals surface area contributed by atoms with Gasteiger partial charge in [0.25, 0.3) is 0 Å². The van der Waals surface area contributed by atoms with Gasteiger partial charge in [-0.2, -0.15) is 4.31 Å². The Morgan fingerprint density at radius 2 is 1.35 bits per heavy atom. The number of aliphatic hydroxyl groups is 2. The third-order valence-electron chi connectivity index (χ3n) is 8.87. The first kappa shape index (κ1) is 37.4. The zero-order valence-electron chi connectivity index (χ0n) is 28.0. The summed E-state index contributed by atoms with van der Waals surface area (Å²) in [7, 11) is -2.09. The van der Waals surface area contributed by atoms with Crippen molar-refractivity contribution < 1.29 is 23.4 Å². The van der Waals surface area contributed by atoms with Gasteiger partial charge >= 0.3 is 0 Å². The molecule has 46 heavy (non-hydrogen) atoms. The Bertz CT molecular complexity index is 1390. The standard InChI is InChI=1S/C37H53N3O5S/c1-27(2)23-24-40(46(44,45)33-21-19-29(25-41)20-22-33)32(26-42)17-12-18-34(28(3)4)39(5)37(43)36(38)35(30-13-8-6-9-14-30)31-15-10-7-11-16-31/h6-11,13-16,19-22,27-28,32,34-36,41-42H,12,17-18,23-26,38H2,1-5H3/t32-,34+,36-/m0/s1. The summed E-state index contributed by atoms with van der Waals surface area (Å²) in [6, 6.07) is 24.4. The van der Waals surface area contributed by atoms with Crippen LogP contribution in [0.25, 0.3) is 0 Å². The van der Waals surface area contributed by atoms with Crippen molar-refractivity contribution in [1.29, 1.82) is 0 Å². The van der Waals surface area contributed by atoms with Crippen LogP contribution in [0.1, 0.15) is 76.0 Å². The molecule has 0 unspecified atom stereocenters. The Labute approximate surface area is 276 Å². The molecule has 0 bridgehead atoms. The summed E-state index contributed by atoms with van der Waals surface area (Å²) in [5.41, 5.74) is 9.35. The van der Waals surface area contributed by atoms with Crippen molar-refractivity contribution in [3.05, 3.63) is 102 Å². The first-order valence-electron chi connectivity index (χ1n) is 16.4. The number of sulfonamides is 1. The molecule has 4 N–H and O–H groups in total. The minimum absolute atomic E-state index is 0.128. The SMILES string of the molecule is CC(C)CCN([C@H](CO)CCC[C@H](C(C)C)N(C)C(=O)[C@@H](N)C(c1ccccc1)c1ccccc1)S(=O)(=O)c1ccc(CO)cc1. The summed E-state index contributed by atoms with van der Waals surface area (Å²) in [5, 5.41) is 19.9. The van der Waals surface area contributed by atoms with Gasteiger partial charge in [0.15, 0.2) is 0 Å². The predicted molar refractivity (Wildman–Crippen MR) is 185 cm³/mol. The van der Waals surface area contributed by atoms with Crippen molar-refractivity contribution in [2.45, 2.75) is 88.9 Å². The Kier molecular flexibility index (Phi) is 14.4. The Balaban J connectivity index is 1.78. The molecule has 0 aliphatic rings. The van der Waals surface area contributed by atoms with Gasteiger partial charge in [-0.25, -0.2) is 8.42 Å². The van der Waals surface area contributed by atoms with Crippen molar-refractivity contribution in [2.24, 2.45) is 17.6 Å². The summed E-state index contributed by atoms with van der Waals surface area (Å²) >= 11 is 0. The molecule has 3 rings (SSSR count). The van der Waals surface area contributed by atoms with E-state index in [-0.39, 0.29) is 54.4 Å². The molecule has 0 aliphatic carbocycles. The van der Waals surface area contributed by atoms with Gasteiger partial charge < -0.3 is 20.8 Å². The molecular formula is C37H53N3O5S. The topological polar surface area (TPSA) is 124 Å². The van der Waals surface area contributed by atoms with Crippen LogP contribution in [0.2, 0.25) is 0 Å². The number of carbonyl (C=O) groups is 1. The second kappa shape index (κ2) is 17.7. The Morgan fingerprint density at radius 3 is 1.80 bits per heavy atom. The number of nitrogens with two attached hydrogens (primary N) is 1. The van der Waals surface area contributed by atoms with Crippen LogP contribution < -0.4 is 5.73 Å². The first-order valence-corrected chi connectivity index (χ1v) is 17.8. The minimum Gasteiger partial charge on any atom is -0.395 e. The monoisotopic (exact) mass is 651 g/mol. The van der Waals surface area contributed by atoms with E-state index in [1.165, 1.54) is 16.4 Å². The number of amides is 1. The highest BCUT2D eigenvalue weighted by molar-refractivity contribution is 7.89. The Morgan fingerprint density at radius 1 is 0.804 bits per heavy atom. The van der Waals surface area contributed by atoms with Gasteiger partial charge in [0.1, 0.15) is 0 Å². The van der Waals surface area contributed by atoms with E-state index in [1.54, 1.807) is 24.1 Å². The molecule has 1 amide bonds. The van der Waals surface area contributed by atoms with Crippen molar-refractivity contribution in [1.82, 2.24) is 9.21 Å². The van der Waals surface area contributed by atoms with Crippen LogP contribution in [0.15, 0.2) is 89.8 Å². The largest absolute Gasteiger partial charge is 0.395 e. The molecule has 0 spiro atoms. The molecule has 8 nitrogen and oxygen atoms in total. The van der Waals surface area contributed by atoms with Crippen LogP contribution in [0.5, 0.6) is 0 Å². The van der Waals surface area contributed by atoms with Crippen molar-refractivity contribution >= 4 is 15.9 Å². The van der Waals surface area contributed by atoms with Gasteiger partial charge in [-0.1, -0.05) is 100 Å². The minimum atomic E-state index is -3.89. The van der Waals surface area contributed by atoms with Gasteiger partial charge in [-0.05, 0) is 66.3 Å². The number of likely N-dealkylation sites (N-methyl/N-ethyl adjacent to an activating group) is 1. The van der Waals surface area contributed by atoms with Crippen molar-refractivity contribution in [3.63, 3.8) is 0 Å². The van der Waals surface area contributed by atoms with E-state index in [2.05, 4.69) is 13.8 Å². The fraction of sp³-hybridized carbons (Fsp3) is 0.486. The van der Waals surface area contributed by atoms with E-state index in [4.69, 9.17) is 5.73 Å². The van der Waals surface area contributed by atoms with Crippen LogP contribution in [0, 0.1) is 11.8 Å². The zero-order valence-corrected chi connectivity index (χ0v) is 28.8. The summed E-state index contributed by atoms with van der Waals surface area (Å²) in [5.74, 6) is -0.0530. The highest BCUT2D eigenvalue weighted by Crippen LogP contribution is 2.30. The van der Waals surface area contributed by atoms with E-state index >= 15 is 0 Å². The molecule has 0 aromatic heterocycles. The Hall–Kier alpha value is -3.08. The molecule has 3 aromatic carbocycles. The highest BCUT2D eigenvalue weighted by Gasteiger charge is 2.34. The van der Waals surface area contributed by atoms with Crippen LogP contribution in [0.3, 0.4) is 0 Å². The normalized spacial score (nSPS) is 14.2. The molecule has 0 saturated carbocycles. The fourth-order valence-electron chi connectivity index (χ4n) is 6.12. The molecule has 9 heteroatoms. The molecule has 3 aromatic rings. The summed E-state index contributed by atoms with van der Waals surface area (Å²) in [4.78, 5) is 15.9. The molecule has 0 fully saturated rings. The second-order valence-corrected chi connectivity index (χ2v) is 14.8. The fourth-order valence-corrected chi connectivity index (χ4v) is 7.78. The van der Waals surface area contributed by atoms with Gasteiger partial charge in [-0.15, -0.1) is 0 Å². The summed E-state index contributed by atoms with van der Waals surface area (Å²) in [6.07, 6.45) is 2.33. The number of rotatable bonds is 18. The lowest BCUT2D eigenvalue weighted by atomic mass is 9.84. The molecule has 252 valence electrons. The molecule has 0 heterocycles. The maximum absolute atomic E-state index is 14.0. The lowest BCUT2D eigenvalue weighted by Gasteiger charge is -2.36. The van der Waals surface area contributed by atoms with Crippen molar-refractivity contribution in [2.75, 3.05) is 20.2 Å². The van der Waals surface area contributed by atoms with E-state index in [9.17, 15) is 23.4 Å². The van der Waals surface area contributed by atoms with Crippen LogP contribution >= 0.6 is 0 Å². The molecule has 0 aliphatic heterocycles. The second-order valence-electron chi connectivity index (χ2n) is 13.0. The number of hydrogen-bond acceptors (Lipinski definition) is 6. The molecular weight excluding hydrogens is 598 g/mol. The summed E-state index contributed by atoms with van der Waals surface area (Å²) in [6.45, 7) is 8.03. The smallest absolute Gasteiger partial charge is 0.243 e. The molecule has 0 radical (unpaired) electrons. The van der Waals surface area contributed by atoms with Gasteiger partial charge in [0, 0.05) is 31.6 Å². The predicted octanol–water partition coefficient (Wildman–Crippen LogP) is 5.39. The van der Waals surface area contributed by atoms with E-state index in [0.29, 0.717) is 31.2 Å². The van der Waals surface area contributed by atoms with Gasteiger partial charge in [0.2, 0.25) is 15.9 Å². The number of nitrogens with zero attached hydrogens (tertiary/aromatic N) is 2. The van der Waals surface area contributed by atoms with Crippen LogP contribution in [0.4, 0.5) is 0 Å². The first-order chi connectivity index (χ1) is 21.9. The van der Waals surface area contributed by atoms with E-state index < -0.39 is 22.1 Å². The zero-order chi connectivity index (χ0) is 33.9. The number of hydrogen-bond donors (Lipinski definition) is 3. The number of benzene rings is 3. The number of carbonyl (C=O) groups excluding carboxylic acids is 1. The van der Waals surface area contributed by atoms with Gasteiger partial charge in [-0.3, -0.25) is 4.79 Å². The lowest BCUT2D eigenvalue weighted by Crippen LogP contribution is -2.50. The quantitative estimate of drug-likeness (QED) is 0.170. The molecule has 0 saturated heterocycles. The van der Waals surface area contributed by atoms with E-state index in [1.807, 2.05) is 74.5 Å². The average Bonchev–Trinajstić information content (AvgIpc) is 3.05. The van der Waals surface area contributed by atoms with E-state index in [0.717, 1.165) is 11.1 Å². The maximum atomic E-state index is 14.0. The van der Waals surface area contributed by atoms with Gasteiger partial charge in [0.05, 0.1) is 24.2 Å². The van der Waals surface area contributed by atoms with Crippen molar-refractivity contribution in [3.8, 4) is 0 Å². The maximum Gasteiger partial charge on any atom is 0.243 e. The van der Waals surface area contributed by atoms with Crippen LogP contribution in [-0.2, 0) is 21.4 Å². The number of aliphatic hydroxyl groups excluding tert-OH is 2. The van der Waals surface area contributed by atoms with Crippen LogP contribution in [-0.4, -0.2) is 72.1 Å². The lowest BCUT2D eigenvalue weighted by molar-refractivity contribution is -0.134. The average molecular weight is 652 g/mol. The third-order valence-corrected chi connectivity index (χ3v) is 10.8. The third kappa shape index (κ3) is 9.72. The highest BCUT2D eigenvalue weighted by atomic mass is 32.2.